The smallest absolute Gasteiger partial charge is 0.357 e. The molecule has 4 rings (SSSR count). The molecule has 2 heterocycles. The first-order valence-electron chi connectivity index (χ1n) is 9.76. The standard InChI is InChI=1S/C23H17F4N5O/c1-12-6-7-15(31-21(33)16-4-3-5-18(24)19(16)23(25,26)27)9-17(12)13-8-14-11-30-22(28-2)32-20(14)29-10-13/h3-11H,1-2H3,(H,31,33)(H,28,29,30,32). The summed E-state index contributed by atoms with van der Waals surface area (Å²) in [4.78, 5) is 25.4. The third-order valence-electron chi connectivity index (χ3n) is 5.00. The monoisotopic (exact) mass is 455 g/mol. The highest BCUT2D eigenvalue weighted by molar-refractivity contribution is 6.05. The van der Waals surface area contributed by atoms with Crippen LogP contribution in [-0.2, 0) is 6.18 Å². The summed E-state index contributed by atoms with van der Waals surface area (Å²) in [7, 11) is 1.69. The fourth-order valence-corrected chi connectivity index (χ4v) is 3.40. The summed E-state index contributed by atoms with van der Waals surface area (Å²) >= 11 is 0. The van der Waals surface area contributed by atoms with Crippen molar-refractivity contribution >= 4 is 28.6 Å². The average Bonchev–Trinajstić information content (AvgIpc) is 2.78. The molecule has 0 atom stereocenters. The van der Waals surface area contributed by atoms with Gasteiger partial charge in [-0.05, 0) is 48.4 Å². The molecule has 0 saturated carbocycles. The molecule has 0 radical (unpaired) electrons. The lowest BCUT2D eigenvalue weighted by atomic mass is 10.00. The van der Waals surface area contributed by atoms with Gasteiger partial charge in [-0.1, -0.05) is 12.1 Å². The number of nitrogens with one attached hydrogen (secondary N) is 2. The Morgan fingerprint density at radius 2 is 1.82 bits per heavy atom. The molecule has 0 aliphatic carbocycles. The lowest BCUT2D eigenvalue weighted by Gasteiger charge is -2.15. The molecule has 0 aliphatic heterocycles. The first-order chi connectivity index (χ1) is 15.7. The van der Waals surface area contributed by atoms with Crippen LogP contribution in [-0.4, -0.2) is 27.9 Å². The van der Waals surface area contributed by atoms with Gasteiger partial charge in [0.05, 0.1) is 5.56 Å². The van der Waals surface area contributed by atoms with E-state index in [1.54, 1.807) is 37.6 Å². The van der Waals surface area contributed by atoms with E-state index in [0.717, 1.165) is 17.7 Å². The van der Waals surface area contributed by atoms with E-state index in [-0.39, 0.29) is 5.69 Å². The molecule has 0 aliphatic rings. The summed E-state index contributed by atoms with van der Waals surface area (Å²) in [6.07, 6.45) is -1.78. The molecule has 33 heavy (non-hydrogen) atoms. The molecule has 168 valence electrons. The van der Waals surface area contributed by atoms with Gasteiger partial charge in [-0.15, -0.1) is 0 Å². The fraction of sp³-hybridized carbons (Fsp3) is 0.130. The number of carbonyl (C=O) groups excluding carboxylic acids is 1. The van der Waals surface area contributed by atoms with Crippen LogP contribution in [0.5, 0.6) is 0 Å². The van der Waals surface area contributed by atoms with Crippen LogP contribution in [0.3, 0.4) is 0 Å². The molecule has 1 amide bonds. The number of carbonyl (C=O) groups is 1. The van der Waals surface area contributed by atoms with E-state index in [9.17, 15) is 22.4 Å². The van der Waals surface area contributed by atoms with Crippen molar-refractivity contribution in [3.05, 3.63) is 77.4 Å². The molecule has 0 bridgehead atoms. The number of amides is 1. The van der Waals surface area contributed by atoms with Gasteiger partial charge < -0.3 is 10.6 Å². The van der Waals surface area contributed by atoms with Gasteiger partial charge in [0.25, 0.3) is 5.91 Å². The van der Waals surface area contributed by atoms with E-state index < -0.39 is 29.0 Å². The summed E-state index contributed by atoms with van der Waals surface area (Å²) in [5.74, 6) is -2.15. The minimum absolute atomic E-state index is 0.250. The molecular formula is C23H17F4N5O. The third kappa shape index (κ3) is 4.45. The number of hydrogen-bond donors (Lipinski definition) is 2. The van der Waals surface area contributed by atoms with Gasteiger partial charge >= 0.3 is 6.18 Å². The van der Waals surface area contributed by atoms with E-state index in [1.807, 2.05) is 13.0 Å². The molecule has 6 nitrogen and oxygen atoms in total. The van der Waals surface area contributed by atoms with Crippen molar-refractivity contribution in [2.45, 2.75) is 13.1 Å². The normalized spacial score (nSPS) is 11.5. The second kappa shape index (κ2) is 8.45. The lowest BCUT2D eigenvalue weighted by Crippen LogP contribution is -2.20. The van der Waals surface area contributed by atoms with Gasteiger partial charge in [-0.2, -0.15) is 18.2 Å². The summed E-state index contributed by atoms with van der Waals surface area (Å²) in [6, 6.07) is 9.37. The minimum Gasteiger partial charge on any atom is -0.357 e. The minimum atomic E-state index is -5.01. The van der Waals surface area contributed by atoms with Gasteiger partial charge in [-0.3, -0.25) is 4.79 Å². The van der Waals surface area contributed by atoms with Gasteiger partial charge in [0.1, 0.15) is 11.4 Å². The maximum atomic E-state index is 13.8. The van der Waals surface area contributed by atoms with Crippen LogP contribution >= 0.6 is 0 Å². The van der Waals surface area contributed by atoms with Crippen molar-refractivity contribution in [3.63, 3.8) is 0 Å². The summed E-state index contributed by atoms with van der Waals surface area (Å²) in [5.41, 5.74) is 0.604. The zero-order chi connectivity index (χ0) is 23.8. The molecule has 2 aromatic heterocycles. The SMILES string of the molecule is CNc1ncc2cc(-c3cc(NC(=O)c4cccc(F)c4C(F)(F)F)ccc3C)cnc2n1. The van der Waals surface area contributed by atoms with Crippen molar-refractivity contribution in [1.29, 1.82) is 0 Å². The van der Waals surface area contributed by atoms with E-state index in [1.165, 1.54) is 0 Å². The quantitative estimate of drug-likeness (QED) is 0.400. The highest BCUT2D eigenvalue weighted by Crippen LogP contribution is 2.35. The zero-order valence-electron chi connectivity index (χ0n) is 17.5. The molecule has 0 saturated heterocycles. The Hall–Kier alpha value is -4.08. The summed E-state index contributed by atoms with van der Waals surface area (Å²) < 4.78 is 53.7. The molecule has 2 N–H and O–H groups in total. The molecule has 0 unspecified atom stereocenters. The van der Waals surface area contributed by atoms with Crippen LogP contribution in [0.25, 0.3) is 22.2 Å². The largest absolute Gasteiger partial charge is 0.420 e. The van der Waals surface area contributed by atoms with Crippen LogP contribution < -0.4 is 10.6 Å². The van der Waals surface area contributed by atoms with Crippen LogP contribution in [0.2, 0.25) is 0 Å². The number of halogens is 4. The maximum absolute atomic E-state index is 13.8. The highest BCUT2D eigenvalue weighted by Gasteiger charge is 2.38. The van der Waals surface area contributed by atoms with Crippen LogP contribution in [0.1, 0.15) is 21.5 Å². The van der Waals surface area contributed by atoms with Crippen LogP contribution in [0, 0.1) is 12.7 Å². The predicted octanol–water partition coefficient (Wildman–Crippen LogP) is 5.45. The molecule has 0 fully saturated rings. The van der Waals surface area contributed by atoms with E-state index in [4.69, 9.17) is 0 Å². The highest BCUT2D eigenvalue weighted by atomic mass is 19.4. The number of fused-ring (bicyclic) bond motifs is 1. The lowest BCUT2D eigenvalue weighted by molar-refractivity contribution is -0.140. The number of alkyl halides is 3. The average molecular weight is 455 g/mol. The number of anilines is 2. The summed E-state index contributed by atoms with van der Waals surface area (Å²) in [6.45, 7) is 1.85. The number of nitrogens with zero attached hydrogens (tertiary/aromatic N) is 3. The topological polar surface area (TPSA) is 79.8 Å². The first kappa shape index (κ1) is 22.1. The van der Waals surface area contributed by atoms with Gasteiger partial charge in [0, 0.05) is 36.1 Å². The Morgan fingerprint density at radius 1 is 1.03 bits per heavy atom. The number of benzene rings is 2. The Bertz CT molecular complexity index is 1370. The van der Waals surface area contributed by atoms with Crippen molar-refractivity contribution in [2.24, 2.45) is 0 Å². The molecule has 0 spiro atoms. The van der Waals surface area contributed by atoms with Gasteiger partial charge in [0.15, 0.2) is 5.65 Å². The molecule has 4 aromatic rings. The molecule has 10 heteroatoms. The van der Waals surface area contributed by atoms with E-state index >= 15 is 0 Å². The number of aryl methyl sites for hydroxylation is 1. The number of hydrogen-bond acceptors (Lipinski definition) is 5. The predicted molar refractivity (Wildman–Crippen MR) is 116 cm³/mol. The van der Waals surface area contributed by atoms with Crippen LogP contribution in [0.15, 0.2) is 54.9 Å². The number of aromatic nitrogens is 3. The third-order valence-corrected chi connectivity index (χ3v) is 5.00. The van der Waals surface area contributed by atoms with Gasteiger partial charge in [0.2, 0.25) is 5.95 Å². The Labute approximate surface area is 185 Å². The van der Waals surface area contributed by atoms with E-state index in [2.05, 4.69) is 25.6 Å². The van der Waals surface area contributed by atoms with Gasteiger partial charge in [-0.25, -0.2) is 14.4 Å². The Morgan fingerprint density at radius 3 is 2.55 bits per heavy atom. The molecular weight excluding hydrogens is 438 g/mol. The molecule has 2 aromatic carbocycles. The zero-order valence-corrected chi connectivity index (χ0v) is 17.5. The van der Waals surface area contributed by atoms with Crippen molar-refractivity contribution < 1.29 is 22.4 Å². The van der Waals surface area contributed by atoms with Crippen molar-refractivity contribution in [1.82, 2.24) is 15.0 Å². The van der Waals surface area contributed by atoms with Crippen LogP contribution in [0.4, 0.5) is 29.2 Å². The summed E-state index contributed by atoms with van der Waals surface area (Å²) in [5, 5.41) is 5.95. The Kier molecular flexibility index (Phi) is 5.67. The van der Waals surface area contributed by atoms with Crippen molar-refractivity contribution in [3.8, 4) is 11.1 Å². The second-order valence-electron chi connectivity index (χ2n) is 7.22. The Balaban J connectivity index is 1.68. The fourth-order valence-electron chi connectivity index (χ4n) is 3.40. The maximum Gasteiger partial charge on any atom is 0.420 e. The first-order valence-corrected chi connectivity index (χ1v) is 9.76. The van der Waals surface area contributed by atoms with Crippen molar-refractivity contribution in [2.75, 3.05) is 17.7 Å². The second-order valence-corrected chi connectivity index (χ2v) is 7.22. The number of rotatable bonds is 4. The van der Waals surface area contributed by atoms with E-state index in [0.29, 0.717) is 34.2 Å². The number of pyridine rings is 1.